The summed E-state index contributed by atoms with van der Waals surface area (Å²) in [6.45, 7) is 2.12. The average molecular weight is 176 g/mol. The van der Waals surface area contributed by atoms with E-state index in [0.29, 0.717) is 0 Å². The Balaban J connectivity index is 2.55. The van der Waals surface area contributed by atoms with Crippen LogP contribution in [0, 0.1) is 6.92 Å². The molecule has 0 radical (unpaired) electrons. The first-order chi connectivity index (χ1) is 5.88. The van der Waals surface area contributed by atoms with Crippen LogP contribution in [-0.2, 0) is 0 Å². The van der Waals surface area contributed by atoms with Crippen molar-refractivity contribution in [3.8, 4) is 10.9 Å². The molecule has 60 valence electrons. The molecule has 2 nitrogen and oxygen atoms in total. The minimum atomic E-state index is 1.09. The summed E-state index contributed by atoms with van der Waals surface area (Å²) >= 11 is 0. The molecule has 0 aliphatic carbocycles. The van der Waals surface area contributed by atoms with E-state index in [4.69, 9.17) is 0 Å². The minimum absolute atomic E-state index is 1.09. The largest absolute Gasteiger partial charge is 0.259 e. The van der Waals surface area contributed by atoms with E-state index in [2.05, 4.69) is 41.1 Å². The highest BCUT2D eigenvalue weighted by Crippen LogP contribution is 2.27. The van der Waals surface area contributed by atoms with Gasteiger partial charge in [0.1, 0.15) is 0 Å². The van der Waals surface area contributed by atoms with Gasteiger partial charge >= 0.3 is 0 Å². The molecule has 0 aliphatic rings. The molecule has 2 aromatic rings. The lowest BCUT2D eigenvalue weighted by Gasteiger charge is -1.99. The Morgan fingerprint density at radius 1 is 1.33 bits per heavy atom. The highest BCUT2D eigenvalue weighted by Gasteiger charge is 2.00. The van der Waals surface area contributed by atoms with Crippen LogP contribution >= 0.6 is 8.35 Å². The van der Waals surface area contributed by atoms with E-state index in [1.165, 1.54) is 16.4 Å². The van der Waals surface area contributed by atoms with Gasteiger partial charge in [0.15, 0.2) is 0 Å². The minimum Gasteiger partial charge on any atom is -0.259 e. The number of aromatic amines is 1. The molecule has 0 amide bonds. The fourth-order valence-corrected chi connectivity index (χ4v) is 1.90. The van der Waals surface area contributed by atoms with E-state index in [9.17, 15) is 0 Å². The van der Waals surface area contributed by atoms with Crippen LogP contribution in [-0.4, -0.2) is 9.96 Å². The molecule has 1 aromatic carbocycles. The zero-order valence-corrected chi connectivity index (χ0v) is 7.68. The zero-order chi connectivity index (χ0) is 8.39. The smallest absolute Gasteiger partial charge is 0.0615 e. The number of aromatic nitrogens is 2. The van der Waals surface area contributed by atoms with Crippen LogP contribution in [0.5, 0.6) is 0 Å². The summed E-state index contributed by atoms with van der Waals surface area (Å²) in [7, 11) is 1.09. The first-order valence-corrected chi connectivity index (χ1v) is 4.69. The van der Waals surface area contributed by atoms with Gasteiger partial charge in [-0.3, -0.25) is 4.86 Å². The molecule has 12 heavy (non-hydrogen) atoms. The van der Waals surface area contributed by atoms with Crippen molar-refractivity contribution in [3.63, 3.8) is 0 Å². The Kier molecular flexibility index (Phi) is 1.92. The number of aryl methyl sites for hydroxylation is 1. The molecule has 0 bridgehead atoms. The summed E-state index contributed by atoms with van der Waals surface area (Å²) in [4.78, 5) is 2.90. The van der Waals surface area contributed by atoms with E-state index in [1.807, 2.05) is 6.20 Å². The fourth-order valence-electron chi connectivity index (χ4n) is 1.19. The molecule has 1 heterocycles. The third-order valence-corrected chi connectivity index (χ3v) is 2.65. The molecule has 0 aliphatic heterocycles. The second-order valence-corrected chi connectivity index (χ2v) is 3.58. The Labute approximate surface area is 72.8 Å². The second-order valence-electron chi connectivity index (χ2n) is 2.67. The van der Waals surface area contributed by atoms with Crippen LogP contribution in [0.15, 0.2) is 30.5 Å². The van der Waals surface area contributed by atoms with Gasteiger partial charge in [-0.25, -0.2) is 0 Å². The van der Waals surface area contributed by atoms with Crippen LogP contribution < -0.4 is 0 Å². The van der Waals surface area contributed by atoms with Gasteiger partial charge in [0, 0.05) is 13.6 Å². The normalized spacial score (nSPS) is 10.8. The van der Waals surface area contributed by atoms with E-state index < -0.39 is 0 Å². The molecular formula is C9H9N2P. The topological polar surface area (TPSA) is 28.7 Å². The third kappa shape index (κ3) is 1.26. The van der Waals surface area contributed by atoms with Crippen LogP contribution in [0.25, 0.3) is 10.9 Å². The van der Waals surface area contributed by atoms with Gasteiger partial charge in [0.05, 0.1) is 6.20 Å². The Morgan fingerprint density at radius 3 is 2.83 bits per heavy atom. The monoisotopic (exact) mass is 176 g/mol. The van der Waals surface area contributed by atoms with Crippen molar-refractivity contribution in [2.24, 2.45) is 0 Å². The molecule has 2 rings (SSSR count). The summed E-state index contributed by atoms with van der Waals surface area (Å²) in [6, 6.07) is 8.34. The Hall–Kier alpha value is -1.14. The van der Waals surface area contributed by atoms with Crippen molar-refractivity contribution in [1.82, 2.24) is 9.96 Å². The lowest BCUT2D eigenvalue weighted by atomic mass is 10.1. The van der Waals surface area contributed by atoms with Gasteiger partial charge in [-0.05, 0) is 18.1 Å². The van der Waals surface area contributed by atoms with Gasteiger partial charge in [0.25, 0.3) is 0 Å². The molecule has 0 saturated carbocycles. The van der Waals surface area contributed by atoms with Crippen molar-refractivity contribution >= 4 is 8.35 Å². The SMILES string of the molecule is Cc1ccccc1-c1cn[nH]p1. The van der Waals surface area contributed by atoms with Crippen molar-refractivity contribution in [3.05, 3.63) is 36.0 Å². The first kappa shape index (κ1) is 7.51. The van der Waals surface area contributed by atoms with Gasteiger partial charge < -0.3 is 0 Å². The van der Waals surface area contributed by atoms with Crippen LogP contribution in [0.2, 0.25) is 0 Å². The molecule has 0 fully saturated rings. The molecule has 1 N–H and O–H groups in total. The van der Waals surface area contributed by atoms with E-state index in [1.54, 1.807) is 0 Å². The summed E-state index contributed by atoms with van der Waals surface area (Å²) in [5.74, 6) is 0. The molecule has 0 atom stereocenters. The van der Waals surface area contributed by atoms with E-state index in [-0.39, 0.29) is 0 Å². The van der Waals surface area contributed by atoms with Gasteiger partial charge in [-0.15, -0.1) is 0 Å². The highest BCUT2D eigenvalue weighted by molar-refractivity contribution is 7.29. The summed E-state index contributed by atoms with van der Waals surface area (Å²) in [6.07, 6.45) is 1.88. The lowest BCUT2D eigenvalue weighted by Crippen LogP contribution is -1.76. The Bertz CT molecular complexity index is 368. The van der Waals surface area contributed by atoms with Crippen molar-refractivity contribution in [1.29, 1.82) is 0 Å². The van der Waals surface area contributed by atoms with Gasteiger partial charge in [0.2, 0.25) is 0 Å². The lowest BCUT2D eigenvalue weighted by molar-refractivity contribution is 1.16. The number of benzene rings is 1. The number of nitrogens with one attached hydrogen (secondary N) is 1. The molecule has 1 aromatic heterocycles. The predicted molar refractivity (Wildman–Crippen MR) is 51.3 cm³/mol. The summed E-state index contributed by atoms with van der Waals surface area (Å²) in [5.41, 5.74) is 2.59. The average Bonchev–Trinajstić information content (AvgIpc) is 2.57. The number of nitrogens with zero attached hydrogens (tertiary/aromatic N) is 1. The maximum atomic E-state index is 3.96. The summed E-state index contributed by atoms with van der Waals surface area (Å²) in [5, 5.41) is 5.20. The zero-order valence-electron chi connectivity index (χ0n) is 6.78. The van der Waals surface area contributed by atoms with E-state index >= 15 is 0 Å². The van der Waals surface area contributed by atoms with Crippen molar-refractivity contribution in [2.45, 2.75) is 6.92 Å². The molecule has 0 spiro atoms. The first-order valence-electron chi connectivity index (χ1n) is 3.80. The maximum Gasteiger partial charge on any atom is 0.0615 e. The quantitative estimate of drug-likeness (QED) is 0.710. The van der Waals surface area contributed by atoms with Crippen molar-refractivity contribution < 1.29 is 0 Å². The van der Waals surface area contributed by atoms with E-state index in [0.717, 1.165) is 8.35 Å². The number of H-pyrrole nitrogens is 1. The molecule has 3 heteroatoms. The predicted octanol–water partition coefficient (Wildman–Crippen LogP) is 2.97. The summed E-state index contributed by atoms with van der Waals surface area (Å²) < 4.78 is 0. The van der Waals surface area contributed by atoms with Crippen LogP contribution in [0.1, 0.15) is 5.56 Å². The van der Waals surface area contributed by atoms with Gasteiger partial charge in [-0.1, -0.05) is 24.3 Å². The second kappa shape index (κ2) is 3.08. The van der Waals surface area contributed by atoms with Gasteiger partial charge in [-0.2, -0.15) is 5.10 Å². The molecular weight excluding hydrogens is 167 g/mol. The number of hydrogen-bond donors (Lipinski definition) is 1. The maximum absolute atomic E-state index is 3.96. The van der Waals surface area contributed by atoms with Crippen molar-refractivity contribution in [2.75, 3.05) is 0 Å². The fraction of sp³-hybridized carbons (Fsp3) is 0.111. The van der Waals surface area contributed by atoms with Crippen LogP contribution in [0.3, 0.4) is 0 Å². The standard InChI is InChI=1S/C9H9N2P/c1-7-4-2-3-5-8(7)9-6-10-11-12-9/h2-6H,1H3,(H,10,11). The molecule has 0 saturated heterocycles. The number of hydrogen-bond acceptors (Lipinski definition) is 1. The Morgan fingerprint density at radius 2 is 2.17 bits per heavy atom. The third-order valence-electron chi connectivity index (χ3n) is 1.84. The van der Waals surface area contributed by atoms with Crippen LogP contribution in [0.4, 0.5) is 0 Å². The highest BCUT2D eigenvalue weighted by atomic mass is 31.0. The molecule has 0 unspecified atom stereocenters. The number of rotatable bonds is 1.